The van der Waals surface area contributed by atoms with Gasteiger partial charge in [0.25, 0.3) is 0 Å². The first kappa shape index (κ1) is 23.0. The van der Waals surface area contributed by atoms with Crippen molar-refractivity contribution in [1.29, 1.82) is 5.41 Å². The molecule has 0 saturated heterocycles. The number of primary amides is 1. The quantitative estimate of drug-likeness (QED) is 0.259. The van der Waals surface area contributed by atoms with Crippen LogP contribution in [-0.4, -0.2) is 35.4 Å². The van der Waals surface area contributed by atoms with Crippen molar-refractivity contribution in [1.82, 2.24) is 5.32 Å². The number of carbonyl (C=O) groups excluding carboxylic acids is 2. The number of carbonyl (C=O) groups is 2. The minimum Gasteiger partial charge on any atom is -0.394 e. The van der Waals surface area contributed by atoms with Crippen LogP contribution < -0.4 is 21.7 Å². The number of rotatable bonds is 8. The van der Waals surface area contributed by atoms with Gasteiger partial charge in [-0.25, -0.2) is 0 Å². The topological polar surface area (TPSA) is 146 Å². The molecule has 0 saturated carbocycles. The summed E-state index contributed by atoms with van der Waals surface area (Å²) in [4.78, 5) is 26.8. The molecule has 3 aromatic carbocycles. The minimum atomic E-state index is -0.526. The Hall–Kier alpha value is -4.17. The van der Waals surface area contributed by atoms with E-state index in [9.17, 15) is 14.7 Å². The summed E-state index contributed by atoms with van der Waals surface area (Å²) >= 11 is 0. The third-order valence-electron chi connectivity index (χ3n) is 6.09. The van der Waals surface area contributed by atoms with Gasteiger partial charge in [-0.15, -0.1) is 0 Å². The Kier molecular flexibility index (Phi) is 6.60. The molecule has 7 N–H and O–H groups in total. The molecule has 174 valence electrons. The van der Waals surface area contributed by atoms with Gasteiger partial charge in [-0.2, -0.15) is 0 Å². The average Bonchev–Trinajstić information content (AvgIpc) is 3.21. The second-order valence-corrected chi connectivity index (χ2v) is 8.32. The van der Waals surface area contributed by atoms with Crippen LogP contribution in [0.15, 0.2) is 72.8 Å². The van der Waals surface area contributed by atoms with E-state index in [-0.39, 0.29) is 18.3 Å². The maximum Gasteiger partial charge on any atom is 0.248 e. The first-order chi connectivity index (χ1) is 16.4. The molecule has 1 unspecified atom stereocenters. The van der Waals surface area contributed by atoms with E-state index in [1.54, 1.807) is 18.2 Å². The van der Waals surface area contributed by atoms with E-state index in [1.165, 1.54) is 0 Å². The monoisotopic (exact) mass is 457 g/mol. The lowest BCUT2D eigenvalue weighted by Gasteiger charge is -2.29. The number of aliphatic hydroxyl groups is 1. The molecule has 1 aliphatic rings. The molecule has 0 bridgehead atoms. The van der Waals surface area contributed by atoms with Crippen molar-refractivity contribution in [2.24, 2.45) is 11.5 Å². The largest absolute Gasteiger partial charge is 0.394 e. The van der Waals surface area contributed by atoms with Gasteiger partial charge in [-0.3, -0.25) is 15.0 Å². The van der Waals surface area contributed by atoms with Gasteiger partial charge in [-0.1, -0.05) is 54.6 Å². The molecule has 34 heavy (non-hydrogen) atoms. The van der Waals surface area contributed by atoms with Crippen LogP contribution >= 0.6 is 0 Å². The predicted molar refractivity (Wildman–Crippen MR) is 131 cm³/mol. The first-order valence-electron chi connectivity index (χ1n) is 11.0. The number of hydrogen-bond donors (Lipinski definition) is 5. The molecule has 4 rings (SSSR count). The molecule has 0 aromatic heterocycles. The highest BCUT2D eigenvalue weighted by molar-refractivity contribution is 5.97. The smallest absolute Gasteiger partial charge is 0.248 e. The van der Waals surface area contributed by atoms with Crippen molar-refractivity contribution in [2.75, 3.05) is 11.5 Å². The second-order valence-electron chi connectivity index (χ2n) is 8.32. The van der Waals surface area contributed by atoms with E-state index >= 15 is 0 Å². The Morgan fingerprint density at radius 2 is 1.71 bits per heavy atom. The number of nitrogens with zero attached hydrogens (tertiary/aromatic N) is 1. The van der Waals surface area contributed by atoms with Crippen LogP contribution in [0.1, 0.15) is 38.7 Å². The number of amidine groups is 1. The fraction of sp³-hybridized carbons (Fsp3) is 0.192. The van der Waals surface area contributed by atoms with Gasteiger partial charge in [-0.05, 0) is 34.9 Å². The number of benzene rings is 3. The molecule has 2 atom stereocenters. The van der Waals surface area contributed by atoms with E-state index < -0.39 is 18.0 Å². The average molecular weight is 458 g/mol. The minimum absolute atomic E-state index is 0.0501. The zero-order chi connectivity index (χ0) is 24.2. The number of nitrogens with two attached hydrogens (primary N) is 2. The van der Waals surface area contributed by atoms with E-state index in [1.807, 2.05) is 59.5 Å². The Morgan fingerprint density at radius 3 is 2.32 bits per heavy atom. The number of aliphatic hydroxyl groups excluding tert-OH is 1. The van der Waals surface area contributed by atoms with Gasteiger partial charge in [0, 0.05) is 29.8 Å². The Labute approximate surface area is 197 Å². The van der Waals surface area contributed by atoms with E-state index in [4.69, 9.17) is 16.9 Å². The molecular weight excluding hydrogens is 430 g/mol. The Bertz CT molecular complexity index is 1210. The van der Waals surface area contributed by atoms with Gasteiger partial charge >= 0.3 is 0 Å². The number of hydrogen-bond acceptors (Lipinski definition) is 5. The summed E-state index contributed by atoms with van der Waals surface area (Å²) in [5.74, 6) is -0.763. The third-order valence-corrected chi connectivity index (χ3v) is 6.09. The van der Waals surface area contributed by atoms with Crippen molar-refractivity contribution >= 4 is 23.3 Å². The van der Waals surface area contributed by atoms with Gasteiger partial charge in [0.05, 0.1) is 12.6 Å². The lowest BCUT2D eigenvalue weighted by Crippen LogP contribution is -2.46. The molecule has 1 aliphatic heterocycles. The summed E-state index contributed by atoms with van der Waals surface area (Å²) in [7, 11) is 0. The molecule has 0 spiro atoms. The normalized spacial score (nSPS) is 15.4. The molecule has 2 amide bonds. The fourth-order valence-corrected chi connectivity index (χ4v) is 4.25. The SMILES string of the molecule is N=C(N)c1ccc2c(c1)N(Cc1ccc(C(N)=O)cc1)C(C(=O)N[C@H](CO)c1ccccc1)C2. The lowest BCUT2D eigenvalue weighted by molar-refractivity contribution is -0.123. The van der Waals surface area contributed by atoms with Crippen LogP contribution in [0.4, 0.5) is 5.69 Å². The van der Waals surface area contributed by atoms with Crippen molar-refractivity contribution in [3.05, 3.63) is 101 Å². The summed E-state index contributed by atoms with van der Waals surface area (Å²) < 4.78 is 0. The number of amides is 2. The van der Waals surface area contributed by atoms with Crippen LogP contribution in [0, 0.1) is 5.41 Å². The highest BCUT2D eigenvalue weighted by atomic mass is 16.3. The van der Waals surface area contributed by atoms with Gasteiger partial charge in [0.15, 0.2) is 0 Å². The van der Waals surface area contributed by atoms with E-state index in [2.05, 4.69) is 5.32 Å². The first-order valence-corrected chi connectivity index (χ1v) is 11.0. The Morgan fingerprint density at radius 1 is 1.03 bits per heavy atom. The van der Waals surface area contributed by atoms with Gasteiger partial charge in [0.2, 0.25) is 11.8 Å². The number of nitrogens with one attached hydrogen (secondary N) is 2. The molecule has 0 aliphatic carbocycles. The number of nitrogen functional groups attached to an aromatic ring is 1. The molecule has 8 nitrogen and oxygen atoms in total. The maximum absolute atomic E-state index is 13.4. The van der Waals surface area contributed by atoms with E-state index in [0.29, 0.717) is 24.1 Å². The highest BCUT2D eigenvalue weighted by Crippen LogP contribution is 2.35. The molecule has 3 aromatic rings. The zero-order valence-electron chi connectivity index (χ0n) is 18.6. The van der Waals surface area contributed by atoms with Crippen LogP contribution in [0.5, 0.6) is 0 Å². The van der Waals surface area contributed by atoms with E-state index in [0.717, 1.165) is 22.4 Å². The van der Waals surface area contributed by atoms with Crippen molar-refractivity contribution in [3.8, 4) is 0 Å². The second kappa shape index (κ2) is 9.76. The standard InChI is InChI=1S/C26H27N5O3/c27-24(28)20-11-10-19-12-23(26(34)30-21(15-32)17-4-2-1-3-5-17)31(22(19)13-20)14-16-6-8-18(9-7-16)25(29)33/h1-11,13,21,23,32H,12,14-15H2,(H3,27,28)(H2,29,33)(H,30,34)/t21-,23?/m1/s1. The summed E-state index contributed by atoms with van der Waals surface area (Å²) in [5.41, 5.74) is 15.6. The number of anilines is 1. The summed E-state index contributed by atoms with van der Waals surface area (Å²) in [6.45, 7) is 0.180. The van der Waals surface area contributed by atoms with Crippen LogP contribution in [0.3, 0.4) is 0 Å². The Balaban J connectivity index is 1.63. The van der Waals surface area contributed by atoms with Crippen molar-refractivity contribution in [3.63, 3.8) is 0 Å². The highest BCUT2D eigenvalue weighted by Gasteiger charge is 2.35. The maximum atomic E-state index is 13.4. The van der Waals surface area contributed by atoms with Gasteiger partial charge in [0.1, 0.15) is 11.9 Å². The molecule has 0 fully saturated rings. The zero-order valence-corrected chi connectivity index (χ0v) is 18.6. The van der Waals surface area contributed by atoms with Crippen molar-refractivity contribution in [2.45, 2.75) is 25.0 Å². The molecule has 1 heterocycles. The fourth-order valence-electron chi connectivity index (χ4n) is 4.25. The van der Waals surface area contributed by atoms with Crippen LogP contribution in [-0.2, 0) is 17.8 Å². The molecular formula is C26H27N5O3. The van der Waals surface area contributed by atoms with Crippen LogP contribution in [0.25, 0.3) is 0 Å². The predicted octanol–water partition coefficient (Wildman–Crippen LogP) is 1.85. The lowest BCUT2D eigenvalue weighted by atomic mass is 10.0. The van der Waals surface area contributed by atoms with Crippen molar-refractivity contribution < 1.29 is 14.7 Å². The number of fused-ring (bicyclic) bond motifs is 1. The summed E-state index contributed by atoms with van der Waals surface area (Å²) in [5, 5.41) is 20.7. The summed E-state index contributed by atoms with van der Waals surface area (Å²) in [6, 6.07) is 20.7. The molecule has 8 heteroatoms. The molecule has 0 radical (unpaired) electrons. The van der Waals surface area contributed by atoms with Crippen LogP contribution in [0.2, 0.25) is 0 Å². The van der Waals surface area contributed by atoms with Gasteiger partial charge < -0.3 is 26.8 Å². The third kappa shape index (κ3) is 4.77. The summed E-state index contributed by atoms with van der Waals surface area (Å²) in [6.07, 6.45) is 0.478.